The number of benzene rings is 5. The normalized spacial score (nSPS) is 11.8. The summed E-state index contributed by atoms with van der Waals surface area (Å²) in [7, 11) is 0. The summed E-state index contributed by atoms with van der Waals surface area (Å²) in [6, 6.07) is 39.6. The number of nitrogens with zero attached hydrogens (tertiary/aromatic N) is 1. The molecule has 0 fully saturated rings. The molecule has 5 aromatic carbocycles. The van der Waals surface area contributed by atoms with Crippen molar-refractivity contribution in [3.05, 3.63) is 114 Å². The number of halogens is 1. The molecular weight excluding hydrogens is 486 g/mol. The van der Waals surface area contributed by atoms with Gasteiger partial charge in [-0.1, -0.05) is 76.6 Å². The van der Waals surface area contributed by atoms with E-state index >= 15 is 0 Å². The van der Waals surface area contributed by atoms with E-state index in [4.69, 9.17) is 0 Å². The first-order valence-electron chi connectivity index (χ1n) is 11.0. The Morgan fingerprint density at radius 2 is 1.24 bits per heavy atom. The van der Waals surface area contributed by atoms with Crippen LogP contribution in [0, 0.1) is 0 Å². The van der Waals surface area contributed by atoms with Crippen molar-refractivity contribution in [2.45, 2.75) is 0 Å². The highest BCUT2D eigenvalue weighted by molar-refractivity contribution is 9.10. The predicted molar refractivity (Wildman–Crippen MR) is 147 cm³/mol. The van der Waals surface area contributed by atoms with Crippen LogP contribution < -0.4 is 0 Å². The largest absolute Gasteiger partial charge is 0.309 e. The van der Waals surface area contributed by atoms with E-state index in [1.165, 1.54) is 58.8 Å². The molecule has 0 unspecified atom stereocenters. The molecule has 0 radical (unpaired) electrons. The van der Waals surface area contributed by atoms with Gasteiger partial charge in [0.05, 0.1) is 11.0 Å². The number of thiophene rings is 1. The molecule has 0 saturated carbocycles. The molecule has 2 heterocycles. The summed E-state index contributed by atoms with van der Waals surface area (Å²) in [5, 5.41) is 5.21. The molecular formula is C30H18BrNS. The number of aromatic nitrogens is 1. The molecule has 0 spiro atoms. The maximum Gasteiger partial charge on any atom is 0.0547 e. The summed E-state index contributed by atoms with van der Waals surface area (Å²) in [6.45, 7) is 0. The van der Waals surface area contributed by atoms with Gasteiger partial charge < -0.3 is 4.57 Å². The predicted octanol–water partition coefficient (Wildman–Crippen LogP) is 9.58. The van der Waals surface area contributed by atoms with Gasteiger partial charge in [0, 0.05) is 41.1 Å². The SMILES string of the molecule is Brc1ccc2c(c1)sc1ccc(-c3ccc4c5ccccc5n(-c5ccccc5)c4c3)cc12. The molecule has 0 atom stereocenters. The second-order valence-electron chi connectivity index (χ2n) is 8.37. The topological polar surface area (TPSA) is 4.93 Å². The van der Waals surface area contributed by atoms with E-state index in [0.717, 1.165) is 4.47 Å². The van der Waals surface area contributed by atoms with Crippen LogP contribution in [0.2, 0.25) is 0 Å². The molecule has 3 heteroatoms. The fourth-order valence-corrected chi connectivity index (χ4v) is 6.57. The van der Waals surface area contributed by atoms with E-state index in [1.807, 2.05) is 11.3 Å². The Bertz CT molecular complexity index is 1830. The molecule has 0 saturated heterocycles. The van der Waals surface area contributed by atoms with Gasteiger partial charge in [-0.05, 0) is 59.7 Å². The Morgan fingerprint density at radius 1 is 0.515 bits per heavy atom. The van der Waals surface area contributed by atoms with Crippen LogP contribution in [0.1, 0.15) is 0 Å². The molecule has 1 nitrogen and oxygen atoms in total. The zero-order chi connectivity index (χ0) is 21.9. The van der Waals surface area contributed by atoms with Crippen LogP contribution in [0.15, 0.2) is 114 Å². The molecule has 0 amide bonds. The van der Waals surface area contributed by atoms with Gasteiger partial charge in [0.2, 0.25) is 0 Å². The van der Waals surface area contributed by atoms with E-state index in [0.29, 0.717) is 0 Å². The zero-order valence-corrected chi connectivity index (χ0v) is 20.0. The molecule has 7 aromatic rings. The summed E-state index contributed by atoms with van der Waals surface area (Å²) >= 11 is 5.46. The molecule has 2 aromatic heterocycles. The Kier molecular flexibility index (Phi) is 4.23. The third kappa shape index (κ3) is 2.97. The lowest BCUT2D eigenvalue weighted by Gasteiger charge is -2.09. The first-order chi connectivity index (χ1) is 16.3. The lowest BCUT2D eigenvalue weighted by atomic mass is 10.0. The first kappa shape index (κ1) is 19.1. The van der Waals surface area contributed by atoms with Gasteiger partial charge in [0.1, 0.15) is 0 Å². The van der Waals surface area contributed by atoms with Gasteiger partial charge in [-0.2, -0.15) is 0 Å². The van der Waals surface area contributed by atoms with E-state index in [-0.39, 0.29) is 0 Å². The number of hydrogen-bond acceptors (Lipinski definition) is 1. The van der Waals surface area contributed by atoms with E-state index in [9.17, 15) is 0 Å². The first-order valence-corrected chi connectivity index (χ1v) is 12.6. The Balaban J connectivity index is 1.49. The highest BCUT2D eigenvalue weighted by Crippen LogP contribution is 2.39. The minimum Gasteiger partial charge on any atom is -0.309 e. The highest BCUT2D eigenvalue weighted by Gasteiger charge is 2.14. The molecule has 156 valence electrons. The molecule has 0 bridgehead atoms. The molecule has 7 rings (SSSR count). The van der Waals surface area contributed by atoms with Crippen molar-refractivity contribution in [3.8, 4) is 16.8 Å². The third-order valence-corrected chi connectivity index (χ3v) is 8.08. The lowest BCUT2D eigenvalue weighted by Crippen LogP contribution is -1.93. The van der Waals surface area contributed by atoms with Gasteiger partial charge in [0.25, 0.3) is 0 Å². The van der Waals surface area contributed by atoms with Crippen molar-refractivity contribution in [2.75, 3.05) is 0 Å². The zero-order valence-electron chi connectivity index (χ0n) is 17.6. The third-order valence-electron chi connectivity index (χ3n) is 6.45. The van der Waals surface area contributed by atoms with E-state index in [1.54, 1.807) is 0 Å². The van der Waals surface area contributed by atoms with E-state index in [2.05, 4.69) is 130 Å². The van der Waals surface area contributed by atoms with Crippen LogP contribution in [-0.4, -0.2) is 4.57 Å². The quantitative estimate of drug-likeness (QED) is 0.221. The van der Waals surface area contributed by atoms with Crippen LogP contribution >= 0.6 is 27.3 Å². The van der Waals surface area contributed by atoms with Crippen LogP contribution in [0.3, 0.4) is 0 Å². The number of fused-ring (bicyclic) bond motifs is 6. The standard InChI is InChI=1S/C30H18BrNS/c31-21-12-14-25-26-16-19(11-15-29(26)33-30(25)18-21)20-10-13-24-23-8-4-5-9-27(23)32(28(24)17-20)22-6-2-1-3-7-22/h1-18H. The fraction of sp³-hybridized carbons (Fsp3) is 0. The van der Waals surface area contributed by atoms with Crippen molar-refractivity contribution in [3.63, 3.8) is 0 Å². The molecule has 0 aliphatic carbocycles. The lowest BCUT2D eigenvalue weighted by molar-refractivity contribution is 1.18. The number of rotatable bonds is 2. The molecule has 0 aliphatic heterocycles. The summed E-state index contributed by atoms with van der Waals surface area (Å²) in [5.41, 5.74) is 6.14. The van der Waals surface area contributed by atoms with Crippen LogP contribution in [0.5, 0.6) is 0 Å². The van der Waals surface area contributed by atoms with Crippen molar-refractivity contribution in [2.24, 2.45) is 0 Å². The number of hydrogen-bond donors (Lipinski definition) is 0. The Morgan fingerprint density at radius 3 is 2.15 bits per heavy atom. The Labute approximate surface area is 203 Å². The number of para-hydroxylation sites is 2. The second kappa shape index (κ2) is 7.31. The maximum absolute atomic E-state index is 3.61. The average molecular weight is 504 g/mol. The minimum atomic E-state index is 1.13. The van der Waals surface area contributed by atoms with Crippen LogP contribution in [0.25, 0.3) is 58.8 Å². The summed E-state index contributed by atoms with van der Waals surface area (Å²) in [5.74, 6) is 0. The van der Waals surface area contributed by atoms with Crippen molar-refractivity contribution < 1.29 is 0 Å². The van der Waals surface area contributed by atoms with Gasteiger partial charge in [-0.15, -0.1) is 11.3 Å². The fourth-order valence-electron chi connectivity index (χ4n) is 4.94. The minimum absolute atomic E-state index is 1.13. The molecule has 0 N–H and O–H groups in total. The van der Waals surface area contributed by atoms with E-state index < -0.39 is 0 Å². The van der Waals surface area contributed by atoms with Gasteiger partial charge in [-0.3, -0.25) is 0 Å². The maximum atomic E-state index is 3.61. The summed E-state index contributed by atoms with van der Waals surface area (Å²) in [6.07, 6.45) is 0. The second-order valence-corrected chi connectivity index (χ2v) is 10.4. The molecule has 0 aliphatic rings. The average Bonchev–Trinajstić information content (AvgIpc) is 3.38. The summed E-state index contributed by atoms with van der Waals surface area (Å²) in [4.78, 5) is 0. The summed E-state index contributed by atoms with van der Waals surface area (Å²) < 4.78 is 6.15. The van der Waals surface area contributed by atoms with Crippen molar-refractivity contribution in [1.82, 2.24) is 4.57 Å². The van der Waals surface area contributed by atoms with Crippen molar-refractivity contribution >= 4 is 69.2 Å². The monoisotopic (exact) mass is 503 g/mol. The van der Waals surface area contributed by atoms with Gasteiger partial charge >= 0.3 is 0 Å². The van der Waals surface area contributed by atoms with Crippen LogP contribution in [-0.2, 0) is 0 Å². The van der Waals surface area contributed by atoms with Gasteiger partial charge in [-0.25, -0.2) is 0 Å². The van der Waals surface area contributed by atoms with Crippen LogP contribution in [0.4, 0.5) is 0 Å². The van der Waals surface area contributed by atoms with Gasteiger partial charge in [0.15, 0.2) is 0 Å². The highest BCUT2D eigenvalue weighted by atomic mass is 79.9. The molecule has 33 heavy (non-hydrogen) atoms. The van der Waals surface area contributed by atoms with Crippen molar-refractivity contribution in [1.29, 1.82) is 0 Å². The smallest absolute Gasteiger partial charge is 0.0547 e. The Hall–Kier alpha value is -3.40.